The minimum atomic E-state index is -4.47. The van der Waals surface area contributed by atoms with Gasteiger partial charge in [0.1, 0.15) is 6.04 Å². The maximum absolute atomic E-state index is 12.8. The summed E-state index contributed by atoms with van der Waals surface area (Å²) in [7, 11) is 0. The second-order valence-corrected chi connectivity index (χ2v) is 5.32. The van der Waals surface area contributed by atoms with Gasteiger partial charge in [0.05, 0.1) is 11.8 Å². The first-order chi connectivity index (χ1) is 8.09. The van der Waals surface area contributed by atoms with Crippen molar-refractivity contribution < 1.29 is 18.0 Å². The van der Waals surface area contributed by atoms with E-state index in [-0.39, 0.29) is 12.0 Å². The number of H-pyrrole nitrogens is 1. The fourth-order valence-electron chi connectivity index (χ4n) is 1.48. The number of carbonyl (C=O) groups is 1. The zero-order valence-electron chi connectivity index (χ0n) is 10.4. The molecule has 1 atom stereocenters. The summed E-state index contributed by atoms with van der Waals surface area (Å²) in [4.78, 5) is 11.6. The summed E-state index contributed by atoms with van der Waals surface area (Å²) >= 11 is 0. The van der Waals surface area contributed by atoms with Crippen molar-refractivity contribution in [3.05, 3.63) is 18.0 Å². The zero-order chi connectivity index (χ0) is 14.0. The second-order valence-electron chi connectivity index (χ2n) is 5.32. The van der Waals surface area contributed by atoms with Crippen molar-refractivity contribution in [3.63, 3.8) is 0 Å². The molecule has 1 unspecified atom stereocenters. The molecule has 0 bridgehead atoms. The number of aromatic nitrogens is 2. The monoisotopic (exact) mass is 263 g/mol. The fourth-order valence-corrected chi connectivity index (χ4v) is 1.48. The van der Waals surface area contributed by atoms with Gasteiger partial charge in [-0.1, -0.05) is 20.8 Å². The van der Waals surface area contributed by atoms with Gasteiger partial charge in [-0.25, -0.2) is 0 Å². The highest BCUT2D eigenvalue weighted by atomic mass is 19.4. The Bertz CT molecular complexity index is 393. The largest absolute Gasteiger partial charge is 0.408 e. The molecule has 0 saturated heterocycles. The van der Waals surface area contributed by atoms with E-state index in [2.05, 4.69) is 10.2 Å². The Kier molecular flexibility index (Phi) is 4.03. The number of rotatable bonds is 3. The van der Waals surface area contributed by atoms with Crippen LogP contribution in [0.5, 0.6) is 0 Å². The first-order valence-corrected chi connectivity index (χ1v) is 5.46. The van der Waals surface area contributed by atoms with Crippen LogP contribution in [0.1, 0.15) is 37.6 Å². The fraction of sp³-hybridized carbons (Fsp3) is 0.636. The van der Waals surface area contributed by atoms with E-state index in [1.54, 1.807) is 20.8 Å². The molecule has 102 valence electrons. The predicted molar refractivity (Wildman–Crippen MR) is 60.0 cm³/mol. The normalized spacial score (nSPS) is 14.3. The van der Waals surface area contributed by atoms with E-state index in [4.69, 9.17) is 0 Å². The third-order valence-electron chi connectivity index (χ3n) is 2.28. The van der Waals surface area contributed by atoms with Crippen LogP contribution in [-0.4, -0.2) is 28.3 Å². The summed E-state index contributed by atoms with van der Waals surface area (Å²) < 4.78 is 38.4. The molecule has 0 aliphatic heterocycles. The molecule has 18 heavy (non-hydrogen) atoms. The lowest BCUT2D eigenvalue weighted by molar-refractivity contribution is -0.159. The number of aromatic amines is 1. The van der Waals surface area contributed by atoms with E-state index in [0.717, 1.165) is 0 Å². The molecule has 1 aromatic heterocycles. The Morgan fingerprint density at radius 1 is 1.44 bits per heavy atom. The Balaban J connectivity index is 2.77. The summed E-state index contributed by atoms with van der Waals surface area (Å²) in [6, 6.07) is -1.86. The van der Waals surface area contributed by atoms with Crippen LogP contribution in [0.3, 0.4) is 0 Å². The number of nitrogens with zero attached hydrogens (tertiary/aromatic N) is 1. The smallest absolute Gasteiger partial charge is 0.340 e. The maximum Gasteiger partial charge on any atom is 0.408 e. The van der Waals surface area contributed by atoms with Gasteiger partial charge in [-0.05, 0) is 11.8 Å². The lowest BCUT2D eigenvalue weighted by atomic mass is 9.88. The van der Waals surface area contributed by atoms with Crippen LogP contribution in [0.25, 0.3) is 0 Å². The van der Waals surface area contributed by atoms with Crippen molar-refractivity contribution >= 4 is 5.91 Å². The van der Waals surface area contributed by atoms with Crippen molar-refractivity contribution in [2.24, 2.45) is 5.41 Å². The van der Waals surface area contributed by atoms with Crippen molar-refractivity contribution in [1.82, 2.24) is 15.5 Å². The Morgan fingerprint density at radius 3 is 2.44 bits per heavy atom. The average molecular weight is 263 g/mol. The predicted octanol–water partition coefficient (Wildman–Crippen LogP) is 2.51. The van der Waals surface area contributed by atoms with Crippen LogP contribution in [0.2, 0.25) is 0 Å². The molecular weight excluding hydrogens is 247 g/mol. The molecule has 1 rings (SSSR count). The van der Waals surface area contributed by atoms with Crippen LogP contribution in [0.4, 0.5) is 13.2 Å². The first-order valence-electron chi connectivity index (χ1n) is 5.46. The highest BCUT2D eigenvalue weighted by Gasteiger charge is 2.42. The Morgan fingerprint density at radius 2 is 2.06 bits per heavy atom. The molecule has 2 N–H and O–H groups in total. The average Bonchev–Trinajstić information content (AvgIpc) is 2.65. The highest BCUT2D eigenvalue weighted by molar-refractivity contribution is 5.93. The molecule has 4 nitrogen and oxygen atoms in total. The maximum atomic E-state index is 12.8. The third-order valence-corrected chi connectivity index (χ3v) is 2.28. The van der Waals surface area contributed by atoms with Gasteiger partial charge in [-0.2, -0.15) is 18.3 Å². The van der Waals surface area contributed by atoms with E-state index in [0.29, 0.717) is 0 Å². The summed E-state index contributed by atoms with van der Waals surface area (Å²) in [6.45, 7) is 5.07. The van der Waals surface area contributed by atoms with Gasteiger partial charge >= 0.3 is 6.18 Å². The molecule has 0 radical (unpaired) electrons. The van der Waals surface area contributed by atoms with Gasteiger partial charge in [0.25, 0.3) is 5.91 Å². The molecule has 7 heteroatoms. The van der Waals surface area contributed by atoms with Gasteiger partial charge in [0, 0.05) is 6.20 Å². The van der Waals surface area contributed by atoms with Gasteiger partial charge in [0.15, 0.2) is 0 Å². The number of alkyl halides is 3. The lowest BCUT2D eigenvalue weighted by Crippen LogP contribution is -2.47. The van der Waals surface area contributed by atoms with Crippen LogP contribution in [0, 0.1) is 5.41 Å². The SMILES string of the molecule is CC(C)(C)CC(NC(=O)c1cn[nH]c1)C(F)(F)F. The van der Waals surface area contributed by atoms with E-state index >= 15 is 0 Å². The minimum absolute atomic E-state index is 0.0816. The van der Waals surface area contributed by atoms with Gasteiger partial charge in [-0.3, -0.25) is 9.89 Å². The highest BCUT2D eigenvalue weighted by Crippen LogP contribution is 2.30. The standard InChI is InChI=1S/C11H16F3N3O/c1-10(2,3)4-8(11(12,13)14)17-9(18)7-5-15-16-6-7/h5-6,8H,4H2,1-3H3,(H,15,16)(H,17,18). The number of halogens is 3. The van der Waals surface area contributed by atoms with E-state index in [1.165, 1.54) is 12.4 Å². The number of carbonyl (C=O) groups excluding carboxylic acids is 1. The van der Waals surface area contributed by atoms with Crippen LogP contribution < -0.4 is 5.32 Å². The number of hydrogen-bond donors (Lipinski definition) is 2. The zero-order valence-corrected chi connectivity index (χ0v) is 10.4. The van der Waals surface area contributed by atoms with Crippen molar-refractivity contribution in [2.45, 2.75) is 39.4 Å². The van der Waals surface area contributed by atoms with E-state index in [1.807, 2.05) is 5.32 Å². The summed E-state index contributed by atoms with van der Waals surface area (Å²) in [5.41, 5.74) is -0.456. The van der Waals surface area contributed by atoms with Gasteiger partial charge < -0.3 is 5.32 Å². The topological polar surface area (TPSA) is 57.8 Å². The van der Waals surface area contributed by atoms with Crippen molar-refractivity contribution in [3.8, 4) is 0 Å². The Hall–Kier alpha value is -1.53. The quantitative estimate of drug-likeness (QED) is 0.880. The van der Waals surface area contributed by atoms with E-state index in [9.17, 15) is 18.0 Å². The van der Waals surface area contributed by atoms with Crippen molar-refractivity contribution in [1.29, 1.82) is 0 Å². The molecule has 0 aromatic carbocycles. The molecular formula is C11H16F3N3O. The van der Waals surface area contributed by atoms with Gasteiger partial charge in [0.2, 0.25) is 0 Å². The minimum Gasteiger partial charge on any atom is -0.340 e. The van der Waals surface area contributed by atoms with Crippen molar-refractivity contribution in [2.75, 3.05) is 0 Å². The lowest BCUT2D eigenvalue weighted by Gasteiger charge is -2.28. The molecule has 0 aliphatic carbocycles. The molecule has 1 aromatic rings. The van der Waals surface area contributed by atoms with E-state index < -0.39 is 23.5 Å². The number of hydrogen-bond acceptors (Lipinski definition) is 2. The summed E-state index contributed by atoms with van der Waals surface area (Å²) in [5.74, 6) is -0.782. The third kappa shape index (κ3) is 4.38. The van der Waals surface area contributed by atoms with Crippen LogP contribution in [0.15, 0.2) is 12.4 Å². The second kappa shape index (κ2) is 4.99. The molecule has 0 spiro atoms. The molecule has 0 aliphatic rings. The molecule has 1 amide bonds. The summed E-state index contributed by atoms with van der Waals surface area (Å²) in [6.07, 6.45) is -2.22. The number of amides is 1. The van der Waals surface area contributed by atoms with Gasteiger partial charge in [-0.15, -0.1) is 0 Å². The molecule has 1 heterocycles. The number of nitrogens with one attached hydrogen (secondary N) is 2. The van der Waals surface area contributed by atoms with Crippen LogP contribution in [-0.2, 0) is 0 Å². The Labute approximate surface area is 103 Å². The van der Waals surface area contributed by atoms with Crippen LogP contribution >= 0.6 is 0 Å². The first kappa shape index (κ1) is 14.5. The summed E-state index contributed by atoms with van der Waals surface area (Å²) in [5, 5.41) is 7.89. The molecule has 0 saturated carbocycles. The molecule has 0 fully saturated rings.